The van der Waals surface area contributed by atoms with Crippen LogP contribution in [0.4, 0.5) is 23.4 Å². The molecule has 0 atom stereocenters. The Balaban J connectivity index is 2.81. The van der Waals surface area contributed by atoms with Crippen LogP contribution in [0.1, 0.15) is 0 Å². The minimum atomic E-state index is -4.45. The number of halogens is 4. The van der Waals surface area contributed by atoms with E-state index < -0.39 is 33.8 Å². The molecular formula is C8H10F4N4O2S. The van der Waals surface area contributed by atoms with Gasteiger partial charge in [-0.3, -0.25) is 0 Å². The third-order valence-electron chi connectivity index (χ3n) is 2.01. The second kappa shape index (κ2) is 5.67. The predicted molar refractivity (Wildman–Crippen MR) is 58.2 cm³/mol. The van der Waals surface area contributed by atoms with E-state index in [1.54, 1.807) is 0 Å². The summed E-state index contributed by atoms with van der Waals surface area (Å²) < 4.78 is 73.3. The highest BCUT2D eigenvalue weighted by Gasteiger charge is 2.41. The van der Waals surface area contributed by atoms with Crippen LogP contribution in [0.15, 0.2) is 23.2 Å². The van der Waals surface area contributed by atoms with Crippen molar-refractivity contribution in [3.05, 3.63) is 18.3 Å². The smallest absolute Gasteiger partial charge is 0.308 e. The lowest BCUT2D eigenvalue weighted by Crippen LogP contribution is -2.41. The molecule has 0 bridgehead atoms. The number of anilines is 1. The molecule has 0 aliphatic heterocycles. The highest BCUT2D eigenvalue weighted by Crippen LogP contribution is 2.22. The molecule has 4 N–H and O–H groups in total. The molecule has 0 saturated carbocycles. The lowest BCUT2D eigenvalue weighted by molar-refractivity contribution is -0.122. The van der Waals surface area contributed by atoms with Gasteiger partial charge in [-0.15, -0.1) is 0 Å². The standard InChI is InChI=1S/C8H10F4N4O2S/c9-7(10)8(11,12)4-15-19(17,18)5-1-2-6(16-13)14-3-5/h1-3,7,15H,4,13H2,(H,14,16). The minimum Gasteiger partial charge on any atom is -0.308 e. The number of sulfonamides is 1. The van der Waals surface area contributed by atoms with E-state index in [2.05, 4.69) is 10.4 Å². The highest BCUT2D eigenvalue weighted by molar-refractivity contribution is 7.89. The van der Waals surface area contributed by atoms with Crippen LogP contribution in [0, 0.1) is 0 Å². The quantitative estimate of drug-likeness (QED) is 0.405. The summed E-state index contributed by atoms with van der Waals surface area (Å²) in [5.74, 6) is 0.703. The number of alkyl halides is 4. The van der Waals surface area contributed by atoms with E-state index >= 15 is 0 Å². The summed E-state index contributed by atoms with van der Waals surface area (Å²) in [7, 11) is -4.35. The monoisotopic (exact) mass is 302 g/mol. The zero-order valence-corrected chi connectivity index (χ0v) is 10.1. The summed E-state index contributed by atoms with van der Waals surface area (Å²) in [6.45, 7) is -1.70. The van der Waals surface area contributed by atoms with Gasteiger partial charge in [0.1, 0.15) is 10.7 Å². The molecule has 0 saturated heterocycles. The van der Waals surface area contributed by atoms with Crippen LogP contribution in [0.25, 0.3) is 0 Å². The number of nitrogens with one attached hydrogen (secondary N) is 2. The van der Waals surface area contributed by atoms with Gasteiger partial charge in [0, 0.05) is 6.20 Å². The average molecular weight is 302 g/mol. The first-order chi connectivity index (χ1) is 8.69. The SMILES string of the molecule is NNc1ccc(S(=O)(=O)NCC(F)(F)C(F)F)cn1. The van der Waals surface area contributed by atoms with Crippen molar-refractivity contribution in [3.8, 4) is 0 Å². The van der Waals surface area contributed by atoms with E-state index in [0.717, 1.165) is 12.3 Å². The van der Waals surface area contributed by atoms with E-state index in [4.69, 9.17) is 5.84 Å². The Bertz CT molecular complexity index is 520. The first kappa shape index (κ1) is 15.6. The van der Waals surface area contributed by atoms with Crippen molar-refractivity contribution in [3.63, 3.8) is 0 Å². The van der Waals surface area contributed by atoms with Crippen LogP contribution in [0.2, 0.25) is 0 Å². The van der Waals surface area contributed by atoms with Crippen LogP contribution >= 0.6 is 0 Å². The molecule has 0 radical (unpaired) electrons. The summed E-state index contributed by atoms with van der Waals surface area (Å²) in [5.41, 5.74) is 2.13. The molecule has 0 unspecified atom stereocenters. The minimum absolute atomic E-state index is 0.150. The van der Waals surface area contributed by atoms with Crippen molar-refractivity contribution in [2.24, 2.45) is 5.84 Å². The molecule has 0 fully saturated rings. The molecule has 0 aliphatic carbocycles. The van der Waals surface area contributed by atoms with E-state index in [9.17, 15) is 26.0 Å². The second-order valence-corrected chi connectivity index (χ2v) is 5.18. The maximum Gasteiger partial charge on any atom is 0.320 e. The van der Waals surface area contributed by atoms with Gasteiger partial charge >= 0.3 is 12.3 Å². The van der Waals surface area contributed by atoms with Gasteiger partial charge in [0.25, 0.3) is 0 Å². The molecule has 19 heavy (non-hydrogen) atoms. The molecule has 0 aliphatic rings. The molecule has 11 heteroatoms. The number of nitrogens with zero attached hydrogens (tertiary/aromatic N) is 1. The van der Waals surface area contributed by atoms with Gasteiger partial charge in [0.15, 0.2) is 0 Å². The molecule has 6 nitrogen and oxygen atoms in total. The Kier molecular flexibility index (Phi) is 4.66. The van der Waals surface area contributed by atoms with Crippen LogP contribution < -0.4 is 16.0 Å². The van der Waals surface area contributed by atoms with Crippen molar-refractivity contribution in [1.29, 1.82) is 0 Å². The van der Waals surface area contributed by atoms with Crippen molar-refractivity contribution in [1.82, 2.24) is 9.71 Å². The maximum absolute atomic E-state index is 12.6. The summed E-state index contributed by atoms with van der Waals surface area (Å²) >= 11 is 0. The van der Waals surface area contributed by atoms with Crippen LogP contribution in [-0.4, -0.2) is 32.3 Å². The lowest BCUT2D eigenvalue weighted by Gasteiger charge is -2.15. The van der Waals surface area contributed by atoms with Gasteiger partial charge < -0.3 is 5.43 Å². The maximum atomic E-state index is 12.6. The van der Waals surface area contributed by atoms with Crippen molar-refractivity contribution in [2.45, 2.75) is 17.2 Å². The number of rotatable bonds is 6. The number of aromatic nitrogens is 1. The predicted octanol–water partition coefficient (Wildman–Crippen LogP) is 0.546. The van der Waals surface area contributed by atoms with Gasteiger partial charge in [-0.1, -0.05) is 0 Å². The fourth-order valence-electron chi connectivity index (χ4n) is 0.976. The number of nitrogen functional groups attached to an aromatic ring is 1. The Hall–Kier alpha value is -1.46. The van der Waals surface area contributed by atoms with E-state index in [1.165, 1.54) is 10.8 Å². The molecule has 0 spiro atoms. The Morgan fingerprint density at radius 1 is 1.37 bits per heavy atom. The molecule has 0 amide bonds. The van der Waals surface area contributed by atoms with Gasteiger partial charge in [-0.25, -0.2) is 32.7 Å². The molecule has 1 aromatic heterocycles. The molecule has 1 rings (SSSR count). The van der Waals surface area contributed by atoms with E-state index in [-0.39, 0.29) is 5.82 Å². The third-order valence-corrected chi connectivity index (χ3v) is 3.40. The van der Waals surface area contributed by atoms with E-state index in [0.29, 0.717) is 0 Å². The fraction of sp³-hybridized carbons (Fsp3) is 0.375. The molecule has 108 valence electrons. The van der Waals surface area contributed by atoms with Gasteiger partial charge in [0.05, 0.1) is 6.54 Å². The Labute approximate surface area is 106 Å². The van der Waals surface area contributed by atoms with Crippen LogP contribution in [0.5, 0.6) is 0 Å². The van der Waals surface area contributed by atoms with Crippen molar-refractivity contribution in [2.75, 3.05) is 12.0 Å². The lowest BCUT2D eigenvalue weighted by atomic mass is 10.4. The van der Waals surface area contributed by atoms with E-state index in [1.807, 2.05) is 0 Å². The third kappa shape index (κ3) is 4.01. The highest BCUT2D eigenvalue weighted by atomic mass is 32.2. The first-order valence-corrected chi connectivity index (χ1v) is 6.25. The van der Waals surface area contributed by atoms with Gasteiger partial charge in [-0.05, 0) is 12.1 Å². The number of hydrogen-bond donors (Lipinski definition) is 3. The fourth-order valence-corrected chi connectivity index (χ4v) is 1.96. The Morgan fingerprint density at radius 2 is 2.00 bits per heavy atom. The van der Waals surface area contributed by atoms with Gasteiger partial charge in [-0.2, -0.15) is 8.78 Å². The zero-order chi connectivity index (χ0) is 14.7. The number of nitrogens with two attached hydrogens (primary N) is 1. The number of hydrazine groups is 1. The van der Waals surface area contributed by atoms with Crippen molar-refractivity contribution >= 4 is 15.8 Å². The van der Waals surface area contributed by atoms with Gasteiger partial charge in [0.2, 0.25) is 10.0 Å². The average Bonchev–Trinajstić information content (AvgIpc) is 2.36. The summed E-state index contributed by atoms with van der Waals surface area (Å²) in [5, 5.41) is 0. The largest absolute Gasteiger partial charge is 0.320 e. The van der Waals surface area contributed by atoms with Crippen molar-refractivity contribution < 1.29 is 26.0 Å². The first-order valence-electron chi connectivity index (χ1n) is 4.77. The molecule has 1 aromatic rings. The number of hydrogen-bond acceptors (Lipinski definition) is 5. The summed E-state index contributed by atoms with van der Waals surface area (Å²) in [6.07, 6.45) is -3.12. The molecule has 1 heterocycles. The zero-order valence-electron chi connectivity index (χ0n) is 9.28. The topological polar surface area (TPSA) is 97.1 Å². The number of pyridine rings is 1. The summed E-state index contributed by atoms with van der Waals surface area (Å²) in [6, 6.07) is 2.21. The molecule has 0 aromatic carbocycles. The van der Waals surface area contributed by atoms with Crippen LogP contribution in [0.3, 0.4) is 0 Å². The Morgan fingerprint density at radius 3 is 2.42 bits per heavy atom. The molecular weight excluding hydrogens is 292 g/mol. The normalized spacial score (nSPS) is 12.7. The summed E-state index contributed by atoms with van der Waals surface area (Å²) in [4.78, 5) is 3.10. The van der Waals surface area contributed by atoms with Crippen LogP contribution in [-0.2, 0) is 10.0 Å². The second-order valence-electron chi connectivity index (χ2n) is 3.41.